The van der Waals surface area contributed by atoms with Crippen molar-refractivity contribution in [3.8, 4) is 0 Å². The molecule has 20 heavy (non-hydrogen) atoms. The first kappa shape index (κ1) is 15.7. The highest BCUT2D eigenvalue weighted by atomic mass is 35.5. The second-order valence-corrected chi connectivity index (χ2v) is 6.24. The van der Waals surface area contributed by atoms with Crippen molar-refractivity contribution >= 4 is 34.8 Å². The minimum Gasteiger partial charge on any atom is -0.126 e. The SMILES string of the molecule is Cc1ccc(CC(CCl)Cc2ccccc2Cl)c(Cl)c1. The molecule has 2 rings (SSSR count). The Morgan fingerprint density at radius 2 is 1.55 bits per heavy atom. The van der Waals surface area contributed by atoms with E-state index in [4.69, 9.17) is 34.8 Å². The molecule has 1 atom stereocenters. The van der Waals surface area contributed by atoms with E-state index in [-0.39, 0.29) is 0 Å². The molecule has 0 aliphatic rings. The lowest BCUT2D eigenvalue weighted by atomic mass is 9.93. The summed E-state index contributed by atoms with van der Waals surface area (Å²) in [4.78, 5) is 0. The third-order valence-electron chi connectivity index (χ3n) is 3.40. The smallest absolute Gasteiger partial charge is 0.0440 e. The fourth-order valence-corrected chi connectivity index (χ4v) is 3.03. The molecule has 0 aliphatic carbocycles. The summed E-state index contributed by atoms with van der Waals surface area (Å²) in [7, 11) is 0. The number of aryl methyl sites for hydroxylation is 1. The molecule has 3 heteroatoms. The van der Waals surface area contributed by atoms with Crippen molar-refractivity contribution in [1.82, 2.24) is 0 Å². The van der Waals surface area contributed by atoms with E-state index in [9.17, 15) is 0 Å². The lowest BCUT2D eigenvalue weighted by molar-refractivity contribution is 0.584. The van der Waals surface area contributed by atoms with E-state index in [1.54, 1.807) is 0 Å². The summed E-state index contributed by atoms with van der Waals surface area (Å²) < 4.78 is 0. The number of benzene rings is 2. The van der Waals surface area contributed by atoms with E-state index in [0.717, 1.165) is 34.0 Å². The van der Waals surface area contributed by atoms with E-state index >= 15 is 0 Å². The minimum absolute atomic E-state index is 0.330. The van der Waals surface area contributed by atoms with Gasteiger partial charge in [-0.1, -0.05) is 53.5 Å². The predicted molar refractivity (Wildman–Crippen MR) is 89.3 cm³/mol. The first-order valence-corrected chi connectivity index (χ1v) is 7.93. The Morgan fingerprint density at radius 1 is 0.900 bits per heavy atom. The van der Waals surface area contributed by atoms with Crippen LogP contribution in [0.25, 0.3) is 0 Å². The number of hydrogen-bond donors (Lipinski definition) is 0. The van der Waals surface area contributed by atoms with Gasteiger partial charge in [0.05, 0.1) is 0 Å². The van der Waals surface area contributed by atoms with Gasteiger partial charge in [-0.15, -0.1) is 11.6 Å². The summed E-state index contributed by atoms with van der Waals surface area (Å²) >= 11 is 18.6. The van der Waals surface area contributed by atoms with Crippen LogP contribution < -0.4 is 0 Å². The van der Waals surface area contributed by atoms with Crippen molar-refractivity contribution in [3.63, 3.8) is 0 Å². The molecule has 0 aromatic heterocycles. The summed E-state index contributed by atoms with van der Waals surface area (Å²) in [5.41, 5.74) is 3.46. The van der Waals surface area contributed by atoms with Crippen molar-refractivity contribution in [2.45, 2.75) is 19.8 Å². The van der Waals surface area contributed by atoms with Crippen molar-refractivity contribution < 1.29 is 0 Å². The van der Waals surface area contributed by atoms with Gasteiger partial charge in [0, 0.05) is 15.9 Å². The van der Waals surface area contributed by atoms with Gasteiger partial charge in [0.15, 0.2) is 0 Å². The molecule has 0 amide bonds. The van der Waals surface area contributed by atoms with Crippen molar-refractivity contribution in [2.75, 3.05) is 5.88 Å². The van der Waals surface area contributed by atoms with Gasteiger partial charge >= 0.3 is 0 Å². The van der Waals surface area contributed by atoms with Gasteiger partial charge in [-0.3, -0.25) is 0 Å². The number of hydrogen-bond acceptors (Lipinski definition) is 0. The third-order valence-corrected chi connectivity index (χ3v) is 4.56. The highest BCUT2D eigenvalue weighted by Crippen LogP contribution is 2.25. The Morgan fingerprint density at radius 3 is 2.15 bits per heavy atom. The van der Waals surface area contributed by atoms with Crippen molar-refractivity contribution in [1.29, 1.82) is 0 Å². The topological polar surface area (TPSA) is 0 Å². The average Bonchev–Trinajstić information content (AvgIpc) is 2.43. The van der Waals surface area contributed by atoms with E-state index in [2.05, 4.69) is 18.2 Å². The maximum absolute atomic E-state index is 6.30. The van der Waals surface area contributed by atoms with Crippen LogP contribution in [0.5, 0.6) is 0 Å². The van der Waals surface area contributed by atoms with Crippen molar-refractivity contribution in [3.05, 3.63) is 69.2 Å². The standard InChI is InChI=1S/C17H17Cl3/c1-12-6-7-15(17(20)8-12)10-13(11-18)9-14-4-2-3-5-16(14)19/h2-8,13H,9-11H2,1H3. The Labute approximate surface area is 135 Å². The summed E-state index contributed by atoms with van der Waals surface area (Å²) in [5, 5.41) is 1.62. The Bertz CT molecular complexity index is 578. The van der Waals surface area contributed by atoms with Crippen LogP contribution in [0.1, 0.15) is 16.7 Å². The second kappa shape index (κ2) is 7.36. The predicted octanol–water partition coefficient (Wildman–Crippen LogP) is 5.94. The third kappa shape index (κ3) is 4.15. The summed E-state index contributed by atoms with van der Waals surface area (Å²) in [6, 6.07) is 14.1. The maximum Gasteiger partial charge on any atom is 0.0440 e. The van der Waals surface area contributed by atoms with Crippen LogP contribution in [0.15, 0.2) is 42.5 Å². The summed E-state index contributed by atoms with van der Waals surface area (Å²) in [5.74, 6) is 0.923. The van der Waals surface area contributed by atoms with Gasteiger partial charge in [-0.25, -0.2) is 0 Å². The number of rotatable bonds is 5. The first-order valence-electron chi connectivity index (χ1n) is 6.64. The van der Waals surface area contributed by atoms with E-state index in [1.165, 1.54) is 5.56 Å². The molecular weight excluding hydrogens is 311 g/mol. The van der Waals surface area contributed by atoms with Crippen LogP contribution in [0.3, 0.4) is 0 Å². The molecule has 2 aromatic rings. The van der Waals surface area contributed by atoms with Gasteiger partial charge in [-0.2, -0.15) is 0 Å². The fraction of sp³-hybridized carbons (Fsp3) is 0.294. The quantitative estimate of drug-likeness (QED) is 0.596. The molecule has 0 nitrogen and oxygen atoms in total. The van der Waals surface area contributed by atoms with E-state index in [1.807, 2.05) is 31.2 Å². The zero-order valence-electron chi connectivity index (χ0n) is 11.4. The Balaban J connectivity index is 2.11. The highest BCUT2D eigenvalue weighted by molar-refractivity contribution is 6.31. The molecule has 1 unspecified atom stereocenters. The van der Waals surface area contributed by atoms with Crippen molar-refractivity contribution in [2.24, 2.45) is 5.92 Å². The largest absolute Gasteiger partial charge is 0.126 e. The van der Waals surface area contributed by atoms with Crippen LogP contribution in [0.2, 0.25) is 10.0 Å². The molecule has 0 saturated carbocycles. The summed E-state index contributed by atoms with van der Waals surface area (Å²) in [6.07, 6.45) is 1.74. The number of alkyl halides is 1. The Hall–Kier alpha value is -0.690. The van der Waals surface area contributed by atoms with Crippen LogP contribution in [0.4, 0.5) is 0 Å². The van der Waals surface area contributed by atoms with E-state index in [0.29, 0.717) is 11.8 Å². The Kier molecular flexibility index (Phi) is 5.77. The van der Waals surface area contributed by atoms with E-state index < -0.39 is 0 Å². The van der Waals surface area contributed by atoms with Crippen LogP contribution in [-0.4, -0.2) is 5.88 Å². The number of halogens is 3. The average molecular weight is 328 g/mol. The second-order valence-electron chi connectivity index (χ2n) is 5.11. The van der Waals surface area contributed by atoms with Crippen LogP contribution >= 0.6 is 34.8 Å². The van der Waals surface area contributed by atoms with Gasteiger partial charge in [0.1, 0.15) is 0 Å². The molecule has 0 aliphatic heterocycles. The molecule has 0 radical (unpaired) electrons. The zero-order chi connectivity index (χ0) is 14.5. The molecule has 2 aromatic carbocycles. The van der Waals surface area contributed by atoms with Gasteiger partial charge in [0.2, 0.25) is 0 Å². The van der Waals surface area contributed by atoms with Crippen LogP contribution in [-0.2, 0) is 12.8 Å². The molecule has 0 saturated heterocycles. The maximum atomic E-state index is 6.30. The lowest BCUT2D eigenvalue weighted by Gasteiger charge is -2.16. The van der Waals surface area contributed by atoms with Crippen LogP contribution in [0, 0.1) is 12.8 Å². The van der Waals surface area contributed by atoms with Gasteiger partial charge in [0.25, 0.3) is 0 Å². The molecule has 0 bridgehead atoms. The summed E-state index contributed by atoms with van der Waals surface area (Å²) in [6.45, 7) is 2.04. The van der Waals surface area contributed by atoms with Gasteiger partial charge < -0.3 is 0 Å². The molecular formula is C17H17Cl3. The normalized spacial score (nSPS) is 12.4. The zero-order valence-corrected chi connectivity index (χ0v) is 13.6. The fourth-order valence-electron chi connectivity index (χ4n) is 2.29. The van der Waals surface area contributed by atoms with Gasteiger partial charge in [-0.05, 0) is 54.5 Å². The molecule has 0 heterocycles. The lowest BCUT2D eigenvalue weighted by Crippen LogP contribution is -2.11. The first-order chi connectivity index (χ1) is 9.60. The molecule has 0 spiro atoms. The molecule has 0 N–H and O–H groups in total. The molecule has 0 fully saturated rings. The molecule has 106 valence electrons. The monoisotopic (exact) mass is 326 g/mol. The highest BCUT2D eigenvalue weighted by Gasteiger charge is 2.13. The minimum atomic E-state index is 0.330.